The van der Waals surface area contributed by atoms with Crippen LogP contribution in [-0.2, 0) is 6.54 Å². The second kappa shape index (κ2) is 6.75. The molecule has 0 unspecified atom stereocenters. The molecule has 2 heterocycles. The average molecular weight is 363 g/mol. The van der Waals surface area contributed by atoms with E-state index < -0.39 is 0 Å². The van der Waals surface area contributed by atoms with Gasteiger partial charge in [-0.25, -0.2) is 4.98 Å². The van der Waals surface area contributed by atoms with E-state index in [2.05, 4.69) is 22.9 Å². The molecule has 128 valence electrons. The van der Waals surface area contributed by atoms with Crippen molar-refractivity contribution in [3.05, 3.63) is 87.8 Å². The van der Waals surface area contributed by atoms with Gasteiger partial charge in [-0.05, 0) is 29.8 Å². The van der Waals surface area contributed by atoms with Gasteiger partial charge >= 0.3 is 0 Å². The van der Waals surface area contributed by atoms with Crippen LogP contribution < -0.4 is 11.3 Å². The maximum absolute atomic E-state index is 12.2. The Morgan fingerprint density at radius 2 is 1.65 bits per heavy atom. The fourth-order valence-electron chi connectivity index (χ4n) is 3.01. The van der Waals surface area contributed by atoms with Crippen LogP contribution in [0.5, 0.6) is 0 Å². The molecule has 0 bridgehead atoms. The molecule has 5 heteroatoms. The predicted octanol–water partition coefficient (Wildman–Crippen LogP) is 3.65. The second-order valence-electron chi connectivity index (χ2n) is 6.08. The van der Waals surface area contributed by atoms with Gasteiger partial charge in [0.05, 0.1) is 23.1 Å². The lowest BCUT2D eigenvalue weighted by Crippen LogP contribution is -2.47. The van der Waals surface area contributed by atoms with Crippen molar-refractivity contribution in [2.24, 2.45) is 0 Å². The van der Waals surface area contributed by atoms with Gasteiger partial charge in [0.2, 0.25) is 0 Å². The van der Waals surface area contributed by atoms with Crippen LogP contribution >= 0.6 is 11.6 Å². The van der Waals surface area contributed by atoms with Crippen molar-refractivity contribution < 1.29 is 5.73 Å². The smallest absolute Gasteiger partial charge is 0.257 e. The fraction of sp³-hybridized carbons (Fsp3) is 0.0476. The summed E-state index contributed by atoms with van der Waals surface area (Å²) in [4.78, 5) is 19.7. The van der Waals surface area contributed by atoms with E-state index in [0.717, 1.165) is 28.9 Å². The van der Waals surface area contributed by atoms with Gasteiger partial charge in [-0.15, -0.1) is 0 Å². The summed E-state index contributed by atoms with van der Waals surface area (Å²) < 4.78 is 0. The molecule has 0 aliphatic carbocycles. The average Bonchev–Trinajstić information content (AvgIpc) is 2.68. The Hall–Kier alpha value is -2.95. The molecule has 0 saturated heterocycles. The first kappa shape index (κ1) is 16.5. The summed E-state index contributed by atoms with van der Waals surface area (Å²) in [6.45, 7) is 0.741. The Bertz CT molecular complexity index is 1130. The van der Waals surface area contributed by atoms with Gasteiger partial charge in [-0.1, -0.05) is 48.0 Å². The number of hydrogen-bond acceptors (Lipinski definition) is 2. The summed E-state index contributed by atoms with van der Waals surface area (Å²) in [5, 5.41) is 1.23. The Balaban J connectivity index is 2.00. The summed E-state index contributed by atoms with van der Waals surface area (Å²) in [6.07, 6.45) is 1.62. The zero-order chi connectivity index (χ0) is 18.1. The number of nitrogens with zero attached hydrogens (tertiary/aromatic N) is 1. The third kappa shape index (κ3) is 3.01. The Kier molecular flexibility index (Phi) is 4.29. The van der Waals surface area contributed by atoms with Gasteiger partial charge in [-0.2, -0.15) is 0 Å². The standard InChI is InChI=1S/C21H16ClN3O/c22-16-7-5-14(6-8-16)17-11-18-19(9-10-24-21(18)26)25-20(17)15-3-1-13(12-23)2-4-15/h1-11H,12,23H2,(H,24,26)/p+1. The zero-order valence-electron chi connectivity index (χ0n) is 14.0. The minimum Gasteiger partial charge on any atom is -0.354 e. The van der Waals surface area contributed by atoms with Crippen LogP contribution in [0.25, 0.3) is 33.3 Å². The Morgan fingerprint density at radius 3 is 2.35 bits per heavy atom. The molecule has 0 radical (unpaired) electrons. The first-order valence-corrected chi connectivity index (χ1v) is 8.70. The highest BCUT2D eigenvalue weighted by molar-refractivity contribution is 6.30. The minimum absolute atomic E-state index is 0.149. The lowest BCUT2D eigenvalue weighted by atomic mass is 9.97. The van der Waals surface area contributed by atoms with Gasteiger partial charge in [-0.3, -0.25) is 4.79 Å². The SMILES string of the molecule is [NH3+]Cc1ccc(-c2nc3cc[nH]c(=O)c3cc2-c2ccc(Cl)cc2)cc1. The quantitative estimate of drug-likeness (QED) is 0.583. The normalized spacial score (nSPS) is 11.0. The zero-order valence-corrected chi connectivity index (χ0v) is 14.8. The highest BCUT2D eigenvalue weighted by Gasteiger charge is 2.13. The highest BCUT2D eigenvalue weighted by atomic mass is 35.5. The third-order valence-corrected chi connectivity index (χ3v) is 4.68. The summed E-state index contributed by atoms with van der Waals surface area (Å²) in [5.41, 5.74) is 9.29. The van der Waals surface area contributed by atoms with Crippen LogP contribution in [0.3, 0.4) is 0 Å². The lowest BCUT2D eigenvalue weighted by molar-refractivity contribution is -0.386. The number of rotatable bonds is 3. The molecule has 4 nitrogen and oxygen atoms in total. The highest BCUT2D eigenvalue weighted by Crippen LogP contribution is 2.33. The van der Waals surface area contributed by atoms with E-state index in [-0.39, 0.29) is 5.56 Å². The molecule has 0 aliphatic heterocycles. The first-order chi connectivity index (χ1) is 12.7. The Morgan fingerprint density at radius 1 is 0.962 bits per heavy atom. The number of quaternary nitrogens is 1. The number of hydrogen-bond donors (Lipinski definition) is 2. The molecule has 0 amide bonds. The van der Waals surface area contributed by atoms with E-state index in [1.165, 1.54) is 5.56 Å². The maximum Gasteiger partial charge on any atom is 0.257 e. The van der Waals surface area contributed by atoms with E-state index >= 15 is 0 Å². The maximum atomic E-state index is 12.2. The van der Waals surface area contributed by atoms with Crippen molar-refractivity contribution >= 4 is 22.5 Å². The van der Waals surface area contributed by atoms with Gasteiger partial charge < -0.3 is 10.7 Å². The minimum atomic E-state index is -0.149. The van der Waals surface area contributed by atoms with Gasteiger partial charge in [0.15, 0.2) is 0 Å². The van der Waals surface area contributed by atoms with Gasteiger partial charge in [0.1, 0.15) is 0 Å². The van der Waals surface area contributed by atoms with E-state index in [4.69, 9.17) is 16.6 Å². The van der Waals surface area contributed by atoms with Crippen LogP contribution in [0.4, 0.5) is 0 Å². The van der Waals surface area contributed by atoms with Crippen LogP contribution in [0.2, 0.25) is 5.02 Å². The molecule has 2 aromatic heterocycles. The monoisotopic (exact) mass is 362 g/mol. The molecule has 0 spiro atoms. The number of fused-ring (bicyclic) bond motifs is 1. The van der Waals surface area contributed by atoms with Crippen molar-refractivity contribution in [1.29, 1.82) is 0 Å². The molecule has 4 aromatic rings. The van der Waals surface area contributed by atoms with E-state index in [0.29, 0.717) is 15.9 Å². The van der Waals surface area contributed by atoms with Crippen LogP contribution in [0.15, 0.2) is 71.7 Å². The predicted molar refractivity (Wildman–Crippen MR) is 105 cm³/mol. The molecule has 26 heavy (non-hydrogen) atoms. The van der Waals surface area contributed by atoms with E-state index in [9.17, 15) is 4.79 Å². The van der Waals surface area contributed by atoms with Crippen molar-refractivity contribution in [2.75, 3.05) is 0 Å². The molecule has 4 rings (SSSR count). The topological polar surface area (TPSA) is 73.4 Å². The molecule has 2 aromatic carbocycles. The molecule has 0 saturated carbocycles. The van der Waals surface area contributed by atoms with E-state index in [1.54, 1.807) is 6.20 Å². The number of nitrogens with one attached hydrogen (secondary N) is 1. The summed E-state index contributed by atoms with van der Waals surface area (Å²) in [6, 6.07) is 19.5. The lowest BCUT2D eigenvalue weighted by Gasteiger charge is -2.12. The number of aromatic nitrogens is 2. The summed E-state index contributed by atoms with van der Waals surface area (Å²) in [7, 11) is 0. The largest absolute Gasteiger partial charge is 0.354 e. The summed E-state index contributed by atoms with van der Waals surface area (Å²) >= 11 is 6.03. The number of H-pyrrole nitrogens is 1. The van der Waals surface area contributed by atoms with Gasteiger partial charge in [0.25, 0.3) is 5.56 Å². The van der Waals surface area contributed by atoms with Crippen molar-refractivity contribution in [3.63, 3.8) is 0 Å². The van der Waals surface area contributed by atoms with Crippen molar-refractivity contribution in [2.45, 2.75) is 6.54 Å². The molecule has 0 atom stereocenters. The number of aromatic amines is 1. The summed E-state index contributed by atoms with van der Waals surface area (Å²) in [5.74, 6) is 0. The number of benzene rings is 2. The van der Waals surface area contributed by atoms with Crippen LogP contribution in [0, 0.1) is 0 Å². The number of pyridine rings is 2. The number of halogens is 1. The van der Waals surface area contributed by atoms with Crippen LogP contribution in [-0.4, -0.2) is 9.97 Å². The molecular formula is C21H17ClN3O+. The molecular weight excluding hydrogens is 346 g/mol. The molecule has 0 fully saturated rings. The van der Waals surface area contributed by atoms with Crippen molar-refractivity contribution in [3.8, 4) is 22.4 Å². The van der Waals surface area contributed by atoms with Gasteiger partial charge in [0, 0.05) is 27.9 Å². The second-order valence-corrected chi connectivity index (χ2v) is 6.51. The first-order valence-electron chi connectivity index (χ1n) is 8.32. The Labute approximate surface area is 155 Å². The third-order valence-electron chi connectivity index (χ3n) is 4.42. The van der Waals surface area contributed by atoms with Crippen molar-refractivity contribution in [1.82, 2.24) is 9.97 Å². The molecule has 4 N–H and O–H groups in total. The molecule has 0 aliphatic rings. The van der Waals surface area contributed by atoms with Crippen LogP contribution in [0.1, 0.15) is 5.56 Å². The fourth-order valence-corrected chi connectivity index (χ4v) is 3.14. The van der Waals surface area contributed by atoms with E-state index in [1.807, 2.05) is 48.5 Å².